The van der Waals surface area contributed by atoms with Crippen molar-refractivity contribution in [3.8, 4) is 0 Å². The molecule has 1 aromatic heterocycles. The number of nitrogens with zero attached hydrogens (tertiary/aromatic N) is 3. The molecule has 0 atom stereocenters. The first-order chi connectivity index (χ1) is 10.0. The van der Waals surface area contributed by atoms with Crippen LogP contribution in [0.4, 0.5) is 17.3 Å². The van der Waals surface area contributed by atoms with E-state index >= 15 is 0 Å². The van der Waals surface area contributed by atoms with Gasteiger partial charge in [0.25, 0.3) is 0 Å². The molecule has 0 fully saturated rings. The number of aromatic nitrogens is 2. The number of hydrazine groups is 1. The lowest BCUT2D eigenvalue weighted by Crippen LogP contribution is -2.16. The Bertz CT molecular complexity index is 592. The molecule has 1 heterocycles. The SMILES string of the molecule is CCc1ccc(N(C)c2cc(NN)nc(C(C)C)n2)cc1. The third kappa shape index (κ3) is 3.49. The second-order valence-electron chi connectivity index (χ2n) is 5.35. The average Bonchev–Trinajstić information content (AvgIpc) is 2.53. The molecular formula is C16H23N5. The first kappa shape index (κ1) is 15.3. The van der Waals surface area contributed by atoms with Gasteiger partial charge in [-0.15, -0.1) is 0 Å². The molecule has 0 spiro atoms. The van der Waals surface area contributed by atoms with E-state index in [0.717, 1.165) is 23.8 Å². The molecule has 0 saturated carbocycles. The highest BCUT2D eigenvalue weighted by Gasteiger charge is 2.12. The third-order valence-electron chi connectivity index (χ3n) is 3.47. The second kappa shape index (κ2) is 6.54. The van der Waals surface area contributed by atoms with Crippen LogP contribution in [0.25, 0.3) is 0 Å². The predicted molar refractivity (Wildman–Crippen MR) is 87.8 cm³/mol. The highest BCUT2D eigenvalue weighted by molar-refractivity contribution is 5.62. The van der Waals surface area contributed by atoms with Gasteiger partial charge in [0.15, 0.2) is 0 Å². The molecule has 0 aliphatic heterocycles. The van der Waals surface area contributed by atoms with Crippen molar-refractivity contribution in [1.82, 2.24) is 9.97 Å². The first-order valence-electron chi connectivity index (χ1n) is 7.23. The molecule has 1 aromatic carbocycles. The molecule has 21 heavy (non-hydrogen) atoms. The quantitative estimate of drug-likeness (QED) is 0.652. The van der Waals surface area contributed by atoms with E-state index in [1.165, 1.54) is 5.56 Å². The third-order valence-corrected chi connectivity index (χ3v) is 3.47. The van der Waals surface area contributed by atoms with Gasteiger partial charge in [-0.05, 0) is 24.1 Å². The van der Waals surface area contributed by atoms with Crippen molar-refractivity contribution < 1.29 is 0 Å². The number of nitrogen functional groups attached to an aromatic ring is 1. The lowest BCUT2D eigenvalue weighted by molar-refractivity contribution is 0.773. The maximum absolute atomic E-state index is 5.51. The van der Waals surface area contributed by atoms with E-state index in [1.807, 2.05) is 18.0 Å². The Hall–Kier alpha value is -2.14. The summed E-state index contributed by atoms with van der Waals surface area (Å²) >= 11 is 0. The molecule has 0 amide bonds. The van der Waals surface area contributed by atoms with Gasteiger partial charge in [-0.2, -0.15) is 0 Å². The molecule has 0 unspecified atom stereocenters. The zero-order valence-corrected chi connectivity index (χ0v) is 13.1. The van der Waals surface area contributed by atoms with E-state index in [2.05, 4.69) is 60.4 Å². The monoisotopic (exact) mass is 285 g/mol. The Labute approximate surface area is 126 Å². The summed E-state index contributed by atoms with van der Waals surface area (Å²) in [6.45, 7) is 6.28. The van der Waals surface area contributed by atoms with Crippen LogP contribution < -0.4 is 16.2 Å². The van der Waals surface area contributed by atoms with E-state index in [9.17, 15) is 0 Å². The fourth-order valence-corrected chi connectivity index (χ4v) is 2.04. The number of benzene rings is 1. The number of rotatable bonds is 5. The molecule has 0 radical (unpaired) electrons. The molecule has 5 nitrogen and oxygen atoms in total. The first-order valence-corrected chi connectivity index (χ1v) is 7.23. The van der Waals surface area contributed by atoms with Crippen LogP contribution in [0.3, 0.4) is 0 Å². The minimum Gasteiger partial charge on any atom is -0.329 e. The summed E-state index contributed by atoms with van der Waals surface area (Å²) in [6, 6.07) is 10.3. The summed E-state index contributed by atoms with van der Waals surface area (Å²) in [7, 11) is 1.99. The van der Waals surface area contributed by atoms with Gasteiger partial charge in [-0.3, -0.25) is 0 Å². The molecule has 5 heteroatoms. The number of aryl methyl sites for hydroxylation is 1. The molecule has 2 aromatic rings. The molecule has 0 bridgehead atoms. The van der Waals surface area contributed by atoms with Gasteiger partial charge in [0.1, 0.15) is 17.5 Å². The lowest BCUT2D eigenvalue weighted by atomic mass is 10.1. The Morgan fingerprint density at radius 3 is 2.38 bits per heavy atom. The van der Waals surface area contributed by atoms with Crippen molar-refractivity contribution in [2.75, 3.05) is 17.4 Å². The zero-order chi connectivity index (χ0) is 15.4. The molecule has 0 aliphatic carbocycles. The van der Waals surface area contributed by atoms with Gasteiger partial charge in [-0.1, -0.05) is 32.9 Å². The Morgan fingerprint density at radius 1 is 1.19 bits per heavy atom. The van der Waals surface area contributed by atoms with Gasteiger partial charge >= 0.3 is 0 Å². The van der Waals surface area contributed by atoms with Crippen molar-refractivity contribution in [2.45, 2.75) is 33.1 Å². The summed E-state index contributed by atoms with van der Waals surface area (Å²) in [4.78, 5) is 11.0. The number of nitrogens with one attached hydrogen (secondary N) is 1. The molecule has 112 valence electrons. The summed E-state index contributed by atoms with van der Waals surface area (Å²) < 4.78 is 0. The number of hydrogen-bond donors (Lipinski definition) is 2. The van der Waals surface area contributed by atoms with Gasteiger partial charge in [0, 0.05) is 24.7 Å². The van der Waals surface area contributed by atoms with Crippen LogP contribution >= 0.6 is 0 Å². The van der Waals surface area contributed by atoms with Crippen molar-refractivity contribution in [3.63, 3.8) is 0 Å². The highest BCUT2D eigenvalue weighted by Crippen LogP contribution is 2.25. The van der Waals surface area contributed by atoms with Crippen LogP contribution in [0.2, 0.25) is 0 Å². The lowest BCUT2D eigenvalue weighted by Gasteiger charge is -2.20. The van der Waals surface area contributed by atoms with Crippen LogP contribution in [-0.4, -0.2) is 17.0 Å². The number of anilines is 3. The van der Waals surface area contributed by atoms with Crippen molar-refractivity contribution in [3.05, 3.63) is 41.7 Å². The largest absolute Gasteiger partial charge is 0.329 e. The highest BCUT2D eigenvalue weighted by atomic mass is 15.3. The summed E-state index contributed by atoms with van der Waals surface area (Å²) in [5.74, 6) is 7.98. The van der Waals surface area contributed by atoms with Crippen molar-refractivity contribution >= 4 is 17.3 Å². The number of nitrogens with two attached hydrogens (primary N) is 1. The van der Waals surface area contributed by atoms with Crippen molar-refractivity contribution in [2.24, 2.45) is 5.84 Å². The topological polar surface area (TPSA) is 67.1 Å². The summed E-state index contributed by atoms with van der Waals surface area (Å²) in [5.41, 5.74) is 5.02. The van der Waals surface area contributed by atoms with Crippen LogP contribution in [0.1, 0.15) is 38.1 Å². The maximum atomic E-state index is 5.51. The Balaban J connectivity index is 2.36. The van der Waals surface area contributed by atoms with Crippen LogP contribution in [-0.2, 0) is 6.42 Å². The average molecular weight is 285 g/mol. The molecule has 0 aliphatic rings. The predicted octanol–water partition coefficient (Wildman–Crippen LogP) is 3.22. The second-order valence-corrected chi connectivity index (χ2v) is 5.35. The van der Waals surface area contributed by atoms with E-state index < -0.39 is 0 Å². The molecule has 3 N–H and O–H groups in total. The Morgan fingerprint density at radius 2 is 1.86 bits per heavy atom. The van der Waals surface area contributed by atoms with E-state index in [0.29, 0.717) is 5.82 Å². The van der Waals surface area contributed by atoms with Gasteiger partial charge in [0.05, 0.1) is 0 Å². The Kier molecular flexibility index (Phi) is 4.75. The minimum absolute atomic E-state index is 0.243. The van der Waals surface area contributed by atoms with Gasteiger partial charge in [0.2, 0.25) is 0 Å². The van der Waals surface area contributed by atoms with E-state index in [1.54, 1.807) is 0 Å². The standard InChI is InChI=1S/C16H23N5/c1-5-12-6-8-13(9-7-12)21(4)15-10-14(20-17)18-16(19-15)11(2)3/h6-11H,5,17H2,1-4H3,(H,18,19,20). The van der Waals surface area contributed by atoms with E-state index in [4.69, 9.17) is 5.84 Å². The minimum atomic E-state index is 0.243. The summed E-state index contributed by atoms with van der Waals surface area (Å²) in [6.07, 6.45) is 1.04. The summed E-state index contributed by atoms with van der Waals surface area (Å²) in [5, 5.41) is 0. The van der Waals surface area contributed by atoms with E-state index in [-0.39, 0.29) is 5.92 Å². The van der Waals surface area contributed by atoms with Crippen LogP contribution in [0, 0.1) is 0 Å². The van der Waals surface area contributed by atoms with Crippen LogP contribution in [0.15, 0.2) is 30.3 Å². The fraction of sp³-hybridized carbons (Fsp3) is 0.375. The molecule has 0 saturated heterocycles. The zero-order valence-electron chi connectivity index (χ0n) is 13.1. The number of hydrogen-bond acceptors (Lipinski definition) is 5. The molecule has 2 rings (SSSR count). The van der Waals surface area contributed by atoms with Gasteiger partial charge < -0.3 is 10.3 Å². The van der Waals surface area contributed by atoms with Crippen molar-refractivity contribution in [1.29, 1.82) is 0 Å². The van der Waals surface area contributed by atoms with Gasteiger partial charge in [-0.25, -0.2) is 15.8 Å². The normalized spacial score (nSPS) is 10.8. The maximum Gasteiger partial charge on any atom is 0.145 e. The molecular weight excluding hydrogens is 262 g/mol. The van der Waals surface area contributed by atoms with Crippen LogP contribution in [0.5, 0.6) is 0 Å². The smallest absolute Gasteiger partial charge is 0.145 e. The fourth-order valence-electron chi connectivity index (χ4n) is 2.04.